The number of amides is 1. The molecule has 2 aliphatic rings. The topological polar surface area (TPSA) is 91.2 Å². The number of piperazine rings is 1. The van der Waals surface area contributed by atoms with Crippen LogP contribution >= 0.6 is 12.4 Å². The Morgan fingerprint density at radius 2 is 2.00 bits per heavy atom. The lowest BCUT2D eigenvalue weighted by molar-refractivity contribution is 0.0945. The molecule has 0 aliphatic carbocycles. The van der Waals surface area contributed by atoms with Gasteiger partial charge in [0.2, 0.25) is 5.95 Å². The number of hydrogen-bond acceptors (Lipinski definition) is 7. The minimum Gasteiger partial charge on any atom is -0.351 e. The second-order valence-corrected chi connectivity index (χ2v) is 7.67. The molecule has 2 fully saturated rings. The van der Waals surface area contributed by atoms with E-state index in [1.807, 2.05) is 23.0 Å². The monoisotopic (exact) mass is 434 g/mol. The summed E-state index contributed by atoms with van der Waals surface area (Å²) < 4.78 is 1.93. The van der Waals surface area contributed by atoms with Gasteiger partial charge in [-0.2, -0.15) is 5.10 Å². The normalized spacial score (nSPS) is 19.9. The van der Waals surface area contributed by atoms with Crippen molar-refractivity contribution in [1.82, 2.24) is 35.3 Å². The highest BCUT2D eigenvalue weighted by molar-refractivity contribution is 5.92. The van der Waals surface area contributed by atoms with Crippen LogP contribution in [0.25, 0.3) is 0 Å². The third-order valence-electron chi connectivity index (χ3n) is 5.63. The zero-order chi connectivity index (χ0) is 19.9. The van der Waals surface area contributed by atoms with Gasteiger partial charge in [0.1, 0.15) is 5.69 Å². The molecule has 4 rings (SSSR count). The Bertz CT molecular complexity index is 772. The number of halogens is 1. The minimum absolute atomic E-state index is 0. The number of rotatable bonds is 7. The van der Waals surface area contributed by atoms with Gasteiger partial charge in [0.15, 0.2) is 0 Å². The number of carbonyl (C=O) groups is 1. The molecule has 1 amide bonds. The van der Waals surface area contributed by atoms with Gasteiger partial charge in [0.05, 0.1) is 6.04 Å². The van der Waals surface area contributed by atoms with Crippen molar-refractivity contribution >= 4 is 24.3 Å². The molecule has 2 N–H and O–H groups in total. The van der Waals surface area contributed by atoms with E-state index >= 15 is 0 Å². The molecule has 2 aromatic rings. The Labute approximate surface area is 183 Å². The predicted molar refractivity (Wildman–Crippen MR) is 118 cm³/mol. The average Bonchev–Trinajstić information content (AvgIpc) is 3.29. The number of nitrogens with one attached hydrogen (secondary N) is 2. The Hall–Kier alpha value is -2.23. The fourth-order valence-electron chi connectivity index (χ4n) is 3.94. The molecule has 1 unspecified atom stereocenters. The molecule has 2 saturated heterocycles. The summed E-state index contributed by atoms with van der Waals surface area (Å²) in [6, 6.07) is 4.01. The van der Waals surface area contributed by atoms with Crippen LogP contribution in [0.5, 0.6) is 0 Å². The van der Waals surface area contributed by atoms with Gasteiger partial charge in [-0.1, -0.05) is 0 Å². The Morgan fingerprint density at radius 3 is 2.73 bits per heavy atom. The van der Waals surface area contributed by atoms with Gasteiger partial charge >= 0.3 is 0 Å². The molecule has 10 heteroatoms. The molecule has 1 atom stereocenters. The van der Waals surface area contributed by atoms with E-state index in [4.69, 9.17) is 0 Å². The first-order valence-corrected chi connectivity index (χ1v) is 10.6. The molecule has 0 aromatic carbocycles. The van der Waals surface area contributed by atoms with Crippen molar-refractivity contribution in [1.29, 1.82) is 0 Å². The van der Waals surface area contributed by atoms with E-state index in [0.717, 1.165) is 71.0 Å². The summed E-state index contributed by atoms with van der Waals surface area (Å²) in [4.78, 5) is 25.6. The third kappa shape index (κ3) is 5.90. The molecule has 0 bridgehead atoms. The summed E-state index contributed by atoms with van der Waals surface area (Å²) in [5, 5.41) is 10.9. The summed E-state index contributed by atoms with van der Waals surface area (Å²) in [5.74, 6) is 0.724. The highest BCUT2D eigenvalue weighted by Crippen LogP contribution is 2.15. The van der Waals surface area contributed by atoms with Crippen molar-refractivity contribution in [3.63, 3.8) is 0 Å². The summed E-state index contributed by atoms with van der Waals surface area (Å²) in [7, 11) is 0. The zero-order valence-corrected chi connectivity index (χ0v) is 18.1. The molecule has 2 aliphatic heterocycles. The van der Waals surface area contributed by atoms with Crippen LogP contribution in [0.4, 0.5) is 5.95 Å². The maximum absolute atomic E-state index is 12.4. The van der Waals surface area contributed by atoms with Crippen molar-refractivity contribution < 1.29 is 4.79 Å². The smallest absolute Gasteiger partial charge is 0.271 e. The van der Waals surface area contributed by atoms with Crippen LogP contribution in [0.2, 0.25) is 0 Å². The summed E-state index contributed by atoms with van der Waals surface area (Å²) >= 11 is 0. The quantitative estimate of drug-likeness (QED) is 0.627. The van der Waals surface area contributed by atoms with E-state index in [1.165, 1.54) is 0 Å². The number of nitrogens with zero attached hydrogens (tertiary/aromatic N) is 6. The Balaban J connectivity index is 0.00000256. The highest BCUT2D eigenvalue weighted by atomic mass is 35.5. The lowest BCUT2D eigenvalue weighted by Gasteiger charge is -2.34. The number of piperidine rings is 1. The fraction of sp³-hybridized carbons (Fsp3) is 0.600. The lowest BCUT2D eigenvalue weighted by atomic mass is 10.1. The second kappa shape index (κ2) is 11.2. The number of anilines is 1. The van der Waals surface area contributed by atoms with Crippen LogP contribution in [-0.4, -0.2) is 82.9 Å². The van der Waals surface area contributed by atoms with Crippen LogP contribution < -0.4 is 15.5 Å². The predicted octanol–water partition coefficient (Wildman–Crippen LogP) is 0.961. The fourth-order valence-corrected chi connectivity index (χ4v) is 3.94. The highest BCUT2D eigenvalue weighted by Gasteiger charge is 2.19. The van der Waals surface area contributed by atoms with Gasteiger partial charge < -0.3 is 15.5 Å². The maximum Gasteiger partial charge on any atom is 0.271 e. The standard InChI is InChI=1S/C20H30N8O.ClH/c29-19(18-5-11-28(25-18)17-4-1-6-21-16-17)22-9-3-10-26-12-14-27(15-13-26)20-23-7-2-8-24-20;/h2,5,7-8,11,17,21H,1,3-4,6,9-10,12-16H2,(H,22,29);1H. The largest absolute Gasteiger partial charge is 0.351 e. The zero-order valence-electron chi connectivity index (χ0n) is 17.2. The van der Waals surface area contributed by atoms with Crippen molar-refractivity contribution in [2.45, 2.75) is 25.3 Å². The van der Waals surface area contributed by atoms with Crippen molar-refractivity contribution in [3.8, 4) is 0 Å². The van der Waals surface area contributed by atoms with Crippen molar-refractivity contribution in [3.05, 3.63) is 36.4 Å². The summed E-state index contributed by atoms with van der Waals surface area (Å²) in [6.45, 7) is 7.49. The first-order valence-electron chi connectivity index (χ1n) is 10.6. The molecule has 9 nitrogen and oxygen atoms in total. The van der Waals surface area contributed by atoms with Crippen LogP contribution in [0.3, 0.4) is 0 Å². The first kappa shape index (κ1) is 22.5. The van der Waals surface area contributed by atoms with E-state index < -0.39 is 0 Å². The molecule has 0 saturated carbocycles. The second-order valence-electron chi connectivity index (χ2n) is 7.67. The van der Waals surface area contributed by atoms with Crippen molar-refractivity contribution in [2.24, 2.45) is 0 Å². The average molecular weight is 435 g/mol. The lowest BCUT2D eigenvalue weighted by Crippen LogP contribution is -2.47. The number of aromatic nitrogens is 4. The van der Waals surface area contributed by atoms with Crippen LogP contribution in [0, 0.1) is 0 Å². The van der Waals surface area contributed by atoms with Gasteiger partial charge in [0, 0.05) is 57.9 Å². The van der Waals surface area contributed by atoms with Crippen LogP contribution in [-0.2, 0) is 0 Å². The van der Waals surface area contributed by atoms with E-state index in [9.17, 15) is 4.79 Å². The molecule has 0 spiro atoms. The molecule has 2 aromatic heterocycles. The summed E-state index contributed by atoms with van der Waals surface area (Å²) in [6.07, 6.45) is 8.68. The molecule has 30 heavy (non-hydrogen) atoms. The summed E-state index contributed by atoms with van der Waals surface area (Å²) in [5.41, 5.74) is 0.507. The number of carbonyl (C=O) groups excluding carboxylic acids is 1. The van der Waals surface area contributed by atoms with E-state index in [0.29, 0.717) is 18.3 Å². The number of hydrogen-bond donors (Lipinski definition) is 2. The van der Waals surface area contributed by atoms with Gasteiger partial charge in [-0.25, -0.2) is 9.97 Å². The molecule has 164 valence electrons. The van der Waals surface area contributed by atoms with Gasteiger partial charge in [-0.3, -0.25) is 14.4 Å². The van der Waals surface area contributed by atoms with Crippen LogP contribution in [0.1, 0.15) is 35.8 Å². The molecular weight excluding hydrogens is 404 g/mol. The SMILES string of the molecule is Cl.O=C(NCCCN1CCN(c2ncccn2)CC1)c1ccn(C2CCCNC2)n1. The van der Waals surface area contributed by atoms with Gasteiger partial charge in [0.25, 0.3) is 5.91 Å². The molecule has 4 heterocycles. The third-order valence-corrected chi connectivity index (χ3v) is 5.63. The molecular formula is C20H31ClN8O. The Kier molecular flexibility index (Phi) is 8.41. The van der Waals surface area contributed by atoms with E-state index in [2.05, 4.69) is 35.5 Å². The first-order chi connectivity index (χ1) is 14.3. The maximum atomic E-state index is 12.4. The minimum atomic E-state index is -0.0847. The Morgan fingerprint density at radius 1 is 1.20 bits per heavy atom. The van der Waals surface area contributed by atoms with Crippen molar-refractivity contribution in [2.75, 3.05) is 57.3 Å². The van der Waals surface area contributed by atoms with Gasteiger partial charge in [-0.05, 0) is 44.5 Å². The van der Waals surface area contributed by atoms with Crippen LogP contribution in [0.15, 0.2) is 30.7 Å². The van der Waals surface area contributed by atoms with E-state index in [-0.39, 0.29) is 18.3 Å². The van der Waals surface area contributed by atoms with E-state index in [1.54, 1.807) is 12.4 Å². The van der Waals surface area contributed by atoms with Gasteiger partial charge in [-0.15, -0.1) is 12.4 Å². The molecule has 0 radical (unpaired) electrons.